The van der Waals surface area contributed by atoms with E-state index in [9.17, 15) is 0 Å². The van der Waals surface area contributed by atoms with E-state index in [-0.39, 0.29) is 0 Å². The van der Waals surface area contributed by atoms with Gasteiger partial charge in [-0.3, -0.25) is 0 Å². The Morgan fingerprint density at radius 1 is 0.305 bits per heavy atom. The third kappa shape index (κ3) is 5.71. The van der Waals surface area contributed by atoms with Gasteiger partial charge in [-0.15, -0.1) is 11.3 Å². The van der Waals surface area contributed by atoms with Crippen LogP contribution in [0.25, 0.3) is 52.5 Å². The molecule has 1 aliphatic heterocycles. The molecule has 0 atom stereocenters. The molecule has 1 aromatic heterocycles. The number of fused-ring (bicyclic) bond motifs is 10. The molecular formula is C55H36N2S2. The highest BCUT2D eigenvalue weighted by Gasteiger charge is 2.24. The Morgan fingerprint density at radius 3 is 1.46 bits per heavy atom. The lowest BCUT2D eigenvalue weighted by atomic mass is 9.93. The topological polar surface area (TPSA) is 6.48 Å². The molecule has 0 amide bonds. The lowest BCUT2D eigenvalue weighted by Crippen LogP contribution is -2.12. The monoisotopic (exact) mass is 788 g/mol. The molecule has 278 valence electrons. The van der Waals surface area contributed by atoms with Crippen molar-refractivity contribution in [2.75, 3.05) is 9.80 Å². The zero-order chi connectivity index (χ0) is 38.9. The Morgan fingerprint density at radius 2 is 0.797 bits per heavy atom. The average molecular weight is 789 g/mol. The van der Waals surface area contributed by atoms with Crippen LogP contribution < -0.4 is 9.80 Å². The maximum atomic E-state index is 2.46. The van der Waals surface area contributed by atoms with Gasteiger partial charge in [-0.1, -0.05) is 133 Å². The fourth-order valence-electron chi connectivity index (χ4n) is 9.16. The van der Waals surface area contributed by atoms with E-state index in [0.29, 0.717) is 0 Å². The molecule has 1 aliphatic rings. The quantitative estimate of drug-likeness (QED) is 0.155. The maximum Gasteiger partial charge on any atom is 0.0546 e. The number of thiophene rings is 1. The van der Waals surface area contributed by atoms with Crippen molar-refractivity contribution in [3.05, 3.63) is 217 Å². The highest BCUT2D eigenvalue weighted by molar-refractivity contribution is 7.99. The predicted molar refractivity (Wildman–Crippen MR) is 255 cm³/mol. The fraction of sp³-hybridized carbons (Fsp3) is 0.0182. The van der Waals surface area contributed by atoms with E-state index in [1.807, 2.05) is 23.1 Å². The summed E-state index contributed by atoms with van der Waals surface area (Å²) in [7, 11) is 0. The summed E-state index contributed by atoms with van der Waals surface area (Å²) in [4.78, 5) is 7.60. The number of nitrogens with zero attached hydrogens (tertiary/aromatic N) is 2. The molecular weight excluding hydrogens is 753 g/mol. The van der Waals surface area contributed by atoms with Gasteiger partial charge in [-0.2, -0.15) is 0 Å². The van der Waals surface area contributed by atoms with Crippen LogP contribution in [-0.4, -0.2) is 0 Å². The van der Waals surface area contributed by atoms with Gasteiger partial charge < -0.3 is 9.80 Å². The molecule has 0 saturated heterocycles. The van der Waals surface area contributed by atoms with Crippen molar-refractivity contribution in [1.82, 2.24) is 0 Å². The first kappa shape index (κ1) is 34.2. The van der Waals surface area contributed by atoms with Gasteiger partial charge in [0.15, 0.2) is 0 Å². The van der Waals surface area contributed by atoms with Gasteiger partial charge in [-0.05, 0) is 124 Å². The van der Waals surface area contributed by atoms with E-state index in [0.717, 1.165) is 40.5 Å². The van der Waals surface area contributed by atoms with Crippen molar-refractivity contribution in [1.29, 1.82) is 0 Å². The first-order valence-corrected chi connectivity index (χ1v) is 21.8. The van der Waals surface area contributed by atoms with Crippen molar-refractivity contribution in [2.24, 2.45) is 0 Å². The van der Waals surface area contributed by atoms with E-state index < -0.39 is 0 Å². The second kappa shape index (κ2) is 13.9. The van der Waals surface area contributed by atoms with Crippen LogP contribution in [0.5, 0.6) is 0 Å². The summed E-state index contributed by atoms with van der Waals surface area (Å²) in [6, 6.07) is 76.1. The second-order valence-electron chi connectivity index (χ2n) is 15.3. The van der Waals surface area contributed by atoms with Gasteiger partial charge in [-0.25, -0.2) is 0 Å². The Labute approximate surface area is 351 Å². The Kier molecular flexibility index (Phi) is 8.07. The van der Waals surface area contributed by atoms with Gasteiger partial charge >= 0.3 is 0 Å². The van der Waals surface area contributed by atoms with Crippen molar-refractivity contribution in [3.8, 4) is 0 Å². The number of rotatable bonds is 6. The minimum absolute atomic E-state index is 0.925. The molecule has 2 nitrogen and oxygen atoms in total. The van der Waals surface area contributed by atoms with Crippen LogP contribution in [0.3, 0.4) is 0 Å². The van der Waals surface area contributed by atoms with E-state index >= 15 is 0 Å². The van der Waals surface area contributed by atoms with Gasteiger partial charge in [0, 0.05) is 63.5 Å². The first-order chi connectivity index (χ1) is 29.2. The number of anilines is 6. The number of hydrogen-bond acceptors (Lipinski definition) is 4. The summed E-state index contributed by atoms with van der Waals surface area (Å²) in [5.74, 6) is 0. The highest BCUT2D eigenvalue weighted by Crippen LogP contribution is 2.49. The lowest BCUT2D eigenvalue weighted by Gasteiger charge is -2.30. The van der Waals surface area contributed by atoms with Crippen LogP contribution in [0.4, 0.5) is 34.1 Å². The van der Waals surface area contributed by atoms with Crippen molar-refractivity contribution < 1.29 is 0 Å². The summed E-state index contributed by atoms with van der Waals surface area (Å²) in [5, 5.41) is 9.91. The van der Waals surface area contributed by atoms with Gasteiger partial charge in [0.25, 0.3) is 0 Å². The largest absolute Gasteiger partial charge is 0.310 e. The number of hydrogen-bond donors (Lipinski definition) is 0. The van der Waals surface area contributed by atoms with Gasteiger partial charge in [0.1, 0.15) is 0 Å². The second-order valence-corrected chi connectivity index (χ2v) is 17.4. The van der Waals surface area contributed by atoms with Crippen LogP contribution in [0.15, 0.2) is 216 Å². The Balaban J connectivity index is 1.10. The molecule has 11 aromatic rings. The minimum atomic E-state index is 0.925. The summed E-state index contributed by atoms with van der Waals surface area (Å²) >= 11 is 3.74. The molecule has 2 heterocycles. The normalized spacial score (nSPS) is 12.3. The summed E-state index contributed by atoms with van der Waals surface area (Å²) in [5.41, 5.74) is 9.63. The molecule has 12 rings (SSSR count). The van der Waals surface area contributed by atoms with Crippen LogP contribution in [0.1, 0.15) is 11.1 Å². The van der Waals surface area contributed by atoms with Crippen LogP contribution in [0.2, 0.25) is 0 Å². The minimum Gasteiger partial charge on any atom is -0.310 e. The zero-order valence-electron chi connectivity index (χ0n) is 32.0. The molecule has 0 spiro atoms. The SMILES string of the molecule is c1ccc(N(c2ccc3c(c2)Cc2ccccc2S3)c2cc3c4ccccc4c(N(c4ccccc4)c4ccc5sc6ccccc6c5c4)cc3c3ccccc23)cc1. The molecule has 0 unspecified atom stereocenters. The van der Waals surface area contributed by atoms with Crippen molar-refractivity contribution >= 4 is 110 Å². The molecule has 0 fully saturated rings. The van der Waals surface area contributed by atoms with E-state index in [4.69, 9.17) is 0 Å². The standard InChI is InChI=1S/C55H36N2S2/c1-3-16-38(17-4-1)56(40-27-29-53-37(32-40)31-36-15-7-13-25-52(36)58-53)50-34-47-43-21-9-11-23-45(43)51(35-48(47)42-20-8-10-22-44(42)50)57(39-18-5-2-6-19-39)41-28-30-55-49(33-41)46-24-12-14-26-54(46)59-55/h1-30,32-35H,31H2. The highest BCUT2D eigenvalue weighted by atomic mass is 32.2. The van der Waals surface area contributed by atoms with Crippen molar-refractivity contribution in [3.63, 3.8) is 0 Å². The summed E-state index contributed by atoms with van der Waals surface area (Å²) in [6.45, 7) is 0. The van der Waals surface area contributed by atoms with Crippen molar-refractivity contribution in [2.45, 2.75) is 16.2 Å². The van der Waals surface area contributed by atoms with Gasteiger partial charge in [0.05, 0.1) is 11.4 Å². The summed E-state index contributed by atoms with van der Waals surface area (Å²) < 4.78 is 2.61. The van der Waals surface area contributed by atoms with E-state index in [2.05, 4.69) is 216 Å². The van der Waals surface area contributed by atoms with Crippen LogP contribution in [-0.2, 0) is 6.42 Å². The first-order valence-electron chi connectivity index (χ1n) is 20.1. The molecule has 0 radical (unpaired) electrons. The Hall–Kier alpha value is -6.85. The molecule has 10 aromatic carbocycles. The number of para-hydroxylation sites is 2. The molecule has 4 heteroatoms. The molecule has 0 bridgehead atoms. The smallest absolute Gasteiger partial charge is 0.0546 e. The predicted octanol–water partition coefficient (Wildman–Crippen LogP) is 16.5. The average Bonchev–Trinajstić information content (AvgIpc) is 3.67. The van der Waals surface area contributed by atoms with E-state index in [1.54, 1.807) is 0 Å². The lowest BCUT2D eigenvalue weighted by molar-refractivity contribution is 1.05. The summed E-state index contributed by atoms with van der Waals surface area (Å²) in [6.07, 6.45) is 0.925. The third-order valence-corrected chi connectivity index (χ3v) is 14.2. The van der Waals surface area contributed by atoms with Crippen LogP contribution in [0, 0.1) is 0 Å². The molecule has 0 aliphatic carbocycles. The maximum absolute atomic E-state index is 2.46. The zero-order valence-corrected chi connectivity index (χ0v) is 33.7. The number of benzene rings is 10. The third-order valence-electron chi connectivity index (χ3n) is 11.8. The van der Waals surface area contributed by atoms with Gasteiger partial charge in [0.2, 0.25) is 0 Å². The fourth-order valence-corrected chi connectivity index (χ4v) is 11.3. The molecule has 0 N–H and O–H groups in total. The Bertz CT molecular complexity index is 3410. The molecule has 0 saturated carbocycles. The van der Waals surface area contributed by atoms with E-state index in [1.165, 1.54) is 73.4 Å². The molecule has 59 heavy (non-hydrogen) atoms. The van der Waals surface area contributed by atoms with Crippen LogP contribution >= 0.6 is 23.1 Å².